The Morgan fingerprint density at radius 1 is 1.45 bits per heavy atom. The normalized spacial score (nSPS) is 11.6. The second-order valence-electron chi connectivity index (χ2n) is 2.09. The molecule has 0 spiro atoms. The lowest BCUT2D eigenvalue weighted by Gasteiger charge is -2.02. The van der Waals surface area contributed by atoms with Crippen molar-refractivity contribution in [2.75, 3.05) is 19.9 Å². The Kier molecular flexibility index (Phi) is 6.71. The van der Waals surface area contributed by atoms with Gasteiger partial charge in [-0.3, -0.25) is 0 Å². The van der Waals surface area contributed by atoms with Crippen molar-refractivity contribution in [1.82, 2.24) is 5.32 Å². The van der Waals surface area contributed by atoms with Crippen LogP contribution in [0.4, 0.5) is 4.39 Å². The first-order chi connectivity index (χ1) is 5.31. The molecule has 66 valence electrons. The summed E-state index contributed by atoms with van der Waals surface area (Å²) in [6, 6.07) is 0. The number of unbranched alkanes of at least 4 members (excludes halogenated alkanes) is 1. The maximum atomic E-state index is 11.5. The van der Waals surface area contributed by atoms with Gasteiger partial charge in [0, 0.05) is 6.54 Å². The summed E-state index contributed by atoms with van der Waals surface area (Å²) in [5, 5.41) is 2.75. The summed E-state index contributed by atoms with van der Waals surface area (Å²) in [4.78, 5) is 3.31. The van der Waals surface area contributed by atoms with Gasteiger partial charge in [-0.05, 0) is 19.4 Å². The molecule has 0 amide bonds. The highest BCUT2D eigenvalue weighted by molar-refractivity contribution is 5.77. The van der Waals surface area contributed by atoms with Gasteiger partial charge in [-0.2, -0.15) is 0 Å². The standard InChI is InChI=1S/C6H15FN4/c7-5-11-6(9)10-4-2-1-3-8/h1-5,8H2,(H3,9,10,11). The Balaban J connectivity index is 3.17. The third kappa shape index (κ3) is 7.05. The minimum absolute atomic E-state index is 0.157. The Bertz CT molecular complexity index is 115. The number of nitrogens with zero attached hydrogens (tertiary/aromatic N) is 1. The minimum Gasteiger partial charge on any atom is -0.370 e. The van der Waals surface area contributed by atoms with Crippen LogP contribution in [0.1, 0.15) is 12.8 Å². The Labute approximate surface area is 65.9 Å². The molecule has 5 heteroatoms. The van der Waals surface area contributed by atoms with E-state index in [-0.39, 0.29) is 5.96 Å². The first kappa shape index (κ1) is 10.2. The van der Waals surface area contributed by atoms with Gasteiger partial charge in [0.05, 0.1) is 0 Å². The highest BCUT2D eigenvalue weighted by atomic mass is 19.1. The monoisotopic (exact) mass is 162 g/mol. The van der Waals surface area contributed by atoms with Crippen LogP contribution in [0.25, 0.3) is 0 Å². The maximum Gasteiger partial charge on any atom is 0.191 e. The molecule has 0 aliphatic rings. The number of halogens is 1. The van der Waals surface area contributed by atoms with Gasteiger partial charge < -0.3 is 16.8 Å². The molecular weight excluding hydrogens is 147 g/mol. The molecule has 0 atom stereocenters. The molecule has 0 heterocycles. The molecule has 0 aliphatic carbocycles. The predicted octanol–water partition coefficient (Wildman–Crippen LogP) is -0.443. The van der Waals surface area contributed by atoms with E-state index in [1.165, 1.54) is 0 Å². The van der Waals surface area contributed by atoms with Gasteiger partial charge in [-0.25, -0.2) is 9.38 Å². The highest BCUT2D eigenvalue weighted by Crippen LogP contribution is 1.81. The summed E-state index contributed by atoms with van der Waals surface area (Å²) >= 11 is 0. The van der Waals surface area contributed by atoms with Crippen molar-refractivity contribution in [3.05, 3.63) is 0 Å². The lowest BCUT2D eigenvalue weighted by molar-refractivity contribution is 0.510. The van der Waals surface area contributed by atoms with E-state index < -0.39 is 6.80 Å². The Hall–Kier alpha value is -0.840. The van der Waals surface area contributed by atoms with Crippen LogP contribution in [-0.2, 0) is 0 Å². The molecule has 0 aromatic carbocycles. The van der Waals surface area contributed by atoms with Gasteiger partial charge in [0.25, 0.3) is 0 Å². The fourth-order valence-electron chi connectivity index (χ4n) is 0.606. The van der Waals surface area contributed by atoms with Gasteiger partial charge in [0.2, 0.25) is 0 Å². The van der Waals surface area contributed by atoms with Gasteiger partial charge in [-0.1, -0.05) is 0 Å². The Morgan fingerprint density at radius 2 is 2.18 bits per heavy atom. The first-order valence-corrected chi connectivity index (χ1v) is 3.61. The highest BCUT2D eigenvalue weighted by Gasteiger charge is 1.88. The average molecular weight is 162 g/mol. The molecule has 0 rings (SSSR count). The molecule has 0 aromatic rings. The van der Waals surface area contributed by atoms with E-state index in [1.807, 2.05) is 0 Å². The van der Waals surface area contributed by atoms with Gasteiger partial charge >= 0.3 is 0 Å². The molecule has 0 saturated heterocycles. The molecule has 0 unspecified atom stereocenters. The SMILES string of the molecule is NCCCCNC(N)=NCF. The fraction of sp³-hybridized carbons (Fsp3) is 0.833. The largest absolute Gasteiger partial charge is 0.370 e. The van der Waals surface area contributed by atoms with Crippen LogP contribution in [-0.4, -0.2) is 25.8 Å². The van der Waals surface area contributed by atoms with Crippen LogP contribution in [0.5, 0.6) is 0 Å². The zero-order valence-corrected chi connectivity index (χ0v) is 6.52. The number of nitrogens with one attached hydrogen (secondary N) is 1. The molecule has 0 aliphatic heterocycles. The second-order valence-corrected chi connectivity index (χ2v) is 2.09. The summed E-state index contributed by atoms with van der Waals surface area (Å²) in [6.45, 7) is 0.601. The summed E-state index contributed by atoms with van der Waals surface area (Å²) in [5.74, 6) is 0.157. The zero-order chi connectivity index (χ0) is 8.53. The number of nitrogens with two attached hydrogens (primary N) is 2. The quantitative estimate of drug-likeness (QED) is 0.222. The van der Waals surface area contributed by atoms with E-state index in [1.54, 1.807) is 0 Å². The topological polar surface area (TPSA) is 76.4 Å². The van der Waals surface area contributed by atoms with Gasteiger partial charge in [0.15, 0.2) is 12.8 Å². The van der Waals surface area contributed by atoms with E-state index in [0.717, 1.165) is 12.8 Å². The van der Waals surface area contributed by atoms with Crippen LogP contribution in [0, 0.1) is 0 Å². The number of guanidine groups is 1. The van der Waals surface area contributed by atoms with E-state index in [2.05, 4.69) is 10.3 Å². The molecule has 0 aromatic heterocycles. The second kappa shape index (κ2) is 7.27. The molecule has 5 N–H and O–H groups in total. The van der Waals surface area contributed by atoms with Crippen LogP contribution in [0.3, 0.4) is 0 Å². The third-order valence-electron chi connectivity index (χ3n) is 1.17. The molecular formula is C6H15FN4. The van der Waals surface area contributed by atoms with E-state index in [4.69, 9.17) is 11.5 Å². The fourth-order valence-corrected chi connectivity index (χ4v) is 0.606. The van der Waals surface area contributed by atoms with Crippen molar-refractivity contribution in [2.24, 2.45) is 16.5 Å². The molecule has 0 fully saturated rings. The average Bonchev–Trinajstić information content (AvgIpc) is 1.99. The number of rotatable bonds is 5. The number of aliphatic imine (C=N–C) groups is 1. The number of hydrogen-bond donors (Lipinski definition) is 3. The summed E-state index contributed by atoms with van der Waals surface area (Å²) in [6.07, 6.45) is 1.87. The van der Waals surface area contributed by atoms with Gasteiger partial charge in [-0.15, -0.1) is 0 Å². The number of alkyl halides is 1. The minimum atomic E-state index is -0.768. The van der Waals surface area contributed by atoms with Crippen LogP contribution >= 0.6 is 0 Å². The first-order valence-electron chi connectivity index (χ1n) is 3.61. The zero-order valence-electron chi connectivity index (χ0n) is 6.52. The van der Waals surface area contributed by atoms with Gasteiger partial charge in [0.1, 0.15) is 0 Å². The van der Waals surface area contributed by atoms with Crippen molar-refractivity contribution in [2.45, 2.75) is 12.8 Å². The molecule has 0 saturated carbocycles. The maximum absolute atomic E-state index is 11.5. The molecule has 0 radical (unpaired) electrons. The molecule has 11 heavy (non-hydrogen) atoms. The summed E-state index contributed by atoms with van der Waals surface area (Å²) in [5.41, 5.74) is 10.5. The lowest BCUT2D eigenvalue weighted by atomic mass is 10.3. The van der Waals surface area contributed by atoms with Crippen molar-refractivity contribution in [3.8, 4) is 0 Å². The predicted molar refractivity (Wildman–Crippen MR) is 43.9 cm³/mol. The van der Waals surface area contributed by atoms with Crippen LogP contribution < -0.4 is 16.8 Å². The van der Waals surface area contributed by atoms with Crippen molar-refractivity contribution in [1.29, 1.82) is 0 Å². The van der Waals surface area contributed by atoms with Crippen molar-refractivity contribution >= 4 is 5.96 Å². The van der Waals surface area contributed by atoms with Crippen LogP contribution in [0.15, 0.2) is 4.99 Å². The molecule has 4 nitrogen and oxygen atoms in total. The lowest BCUT2D eigenvalue weighted by Crippen LogP contribution is -2.32. The Morgan fingerprint density at radius 3 is 2.73 bits per heavy atom. The van der Waals surface area contributed by atoms with E-state index in [0.29, 0.717) is 13.1 Å². The smallest absolute Gasteiger partial charge is 0.191 e. The van der Waals surface area contributed by atoms with Crippen molar-refractivity contribution < 1.29 is 4.39 Å². The van der Waals surface area contributed by atoms with E-state index in [9.17, 15) is 4.39 Å². The molecule has 0 bridgehead atoms. The van der Waals surface area contributed by atoms with Crippen molar-refractivity contribution in [3.63, 3.8) is 0 Å². The number of hydrogen-bond acceptors (Lipinski definition) is 2. The van der Waals surface area contributed by atoms with E-state index >= 15 is 0 Å². The van der Waals surface area contributed by atoms with Crippen LogP contribution in [0.2, 0.25) is 0 Å². The summed E-state index contributed by atoms with van der Waals surface area (Å²) < 4.78 is 11.5. The third-order valence-corrected chi connectivity index (χ3v) is 1.17. The summed E-state index contributed by atoms with van der Waals surface area (Å²) in [7, 11) is 0.